The van der Waals surface area contributed by atoms with E-state index in [0.717, 1.165) is 11.3 Å². The minimum Gasteiger partial charge on any atom is -0.351 e. The number of carbonyl (C=O) groups excluding carboxylic acids is 1. The zero-order chi connectivity index (χ0) is 16.6. The van der Waals surface area contributed by atoms with Crippen molar-refractivity contribution in [2.75, 3.05) is 0 Å². The topological polar surface area (TPSA) is 62.7 Å². The average molecular weight is 314 g/mol. The minimum atomic E-state index is -0.323. The number of H-pyrrole nitrogens is 1. The maximum atomic E-state index is 13.3. The molecule has 0 aliphatic rings. The third-order valence-electron chi connectivity index (χ3n) is 3.92. The van der Waals surface area contributed by atoms with Gasteiger partial charge in [-0.25, -0.2) is 9.37 Å². The van der Waals surface area contributed by atoms with Crippen LogP contribution in [0, 0.1) is 11.7 Å². The summed E-state index contributed by atoms with van der Waals surface area (Å²) in [6.45, 7) is 4.06. The van der Waals surface area contributed by atoms with Crippen LogP contribution in [0.3, 0.4) is 0 Å². The van der Waals surface area contributed by atoms with Crippen molar-refractivity contribution in [3.05, 3.63) is 54.0 Å². The first kappa shape index (κ1) is 15.3. The van der Waals surface area contributed by atoms with Crippen molar-refractivity contribution in [1.82, 2.24) is 19.9 Å². The molecule has 1 aromatic carbocycles. The Kier molecular flexibility index (Phi) is 3.90. The van der Waals surface area contributed by atoms with Crippen LogP contribution in [0.25, 0.3) is 10.9 Å². The molecule has 5 nitrogen and oxygen atoms in total. The van der Waals surface area contributed by atoms with Crippen LogP contribution < -0.4 is 5.32 Å². The first-order valence-corrected chi connectivity index (χ1v) is 7.52. The number of aryl methyl sites for hydroxylation is 1. The van der Waals surface area contributed by atoms with E-state index in [1.807, 2.05) is 31.7 Å². The first-order valence-electron chi connectivity index (χ1n) is 7.52. The molecule has 1 atom stereocenters. The van der Waals surface area contributed by atoms with Crippen molar-refractivity contribution < 1.29 is 9.18 Å². The quantitative estimate of drug-likeness (QED) is 0.777. The molecule has 0 aliphatic carbocycles. The second-order valence-electron chi connectivity index (χ2n) is 6.01. The Morgan fingerprint density at radius 1 is 1.35 bits per heavy atom. The monoisotopic (exact) mass is 314 g/mol. The fourth-order valence-electron chi connectivity index (χ4n) is 2.65. The molecular weight excluding hydrogens is 295 g/mol. The number of hydrogen-bond donors (Lipinski definition) is 2. The van der Waals surface area contributed by atoms with E-state index in [-0.39, 0.29) is 23.7 Å². The zero-order valence-corrected chi connectivity index (χ0v) is 13.3. The summed E-state index contributed by atoms with van der Waals surface area (Å²) in [7, 11) is 1.90. The Morgan fingerprint density at radius 2 is 2.13 bits per heavy atom. The summed E-state index contributed by atoms with van der Waals surface area (Å²) in [5, 5.41) is 3.68. The normalized spacial score (nSPS) is 12.7. The minimum absolute atomic E-state index is 0.182. The number of aromatic nitrogens is 3. The lowest BCUT2D eigenvalue weighted by atomic mass is 10.0. The maximum absolute atomic E-state index is 13.3. The molecule has 2 N–H and O–H groups in total. The molecule has 2 aromatic heterocycles. The fraction of sp³-hybridized carbons (Fsp3) is 0.294. The summed E-state index contributed by atoms with van der Waals surface area (Å²) in [6.07, 6.45) is 3.56. The van der Waals surface area contributed by atoms with Crippen LogP contribution in [0.2, 0.25) is 0 Å². The van der Waals surface area contributed by atoms with Crippen LogP contribution in [-0.2, 0) is 7.05 Å². The van der Waals surface area contributed by atoms with E-state index in [1.54, 1.807) is 18.3 Å². The Labute approximate surface area is 133 Å². The van der Waals surface area contributed by atoms with Gasteiger partial charge in [0.25, 0.3) is 5.91 Å². The molecule has 0 fully saturated rings. The summed E-state index contributed by atoms with van der Waals surface area (Å²) < 4.78 is 15.2. The lowest BCUT2D eigenvalue weighted by Crippen LogP contribution is -2.33. The van der Waals surface area contributed by atoms with E-state index in [0.29, 0.717) is 11.1 Å². The van der Waals surface area contributed by atoms with Crippen LogP contribution in [0.1, 0.15) is 36.2 Å². The van der Waals surface area contributed by atoms with Crippen LogP contribution in [0.15, 0.2) is 36.7 Å². The van der Waals surface area contributed by atoms with Gasteiger partial charge >= 0.3 is 0 Å². The SMILES string of the molecule is CC(C)C(NC(=O)c1cc2cc(F)ccc2[nH]1)c1nccn1C. The summed E-state index contributed by atoms with van der Waals surface area (Å²) in [6, 6.07) is 5.85. The van der Waals surface area contributed by atoms with Gasteiger partial charge in [-0.3, -0.25) is 4.79 Å². The molecule has 0 bridgehead atoms. The van der Waals surface area contributed by atoms with E-state index in [2.05, 4.69) is 15.3 Å². The molecule has 120 valence electrons. The number of carbonyl (C=O) groups is 1. The number of nitrogens with one attached hydrogen (secondary N) is 2. The fourth-order valence-corrected chi connectivity index (χ4v) is 2.65. The predicted octanol–water partition coefficient (Wildman–Crippen LogP) is 3.17. The van der Waals surface area contributed by atoms with Crippen molar-refractivity contribution in [3.8, 4) is 0 Å². The number of amides is 1. The number of benzene rings is 1. The molecule has 1 unspecified atom stereocenters. The van der Waals surface area contributed by atoms with Gasteiger partial charge < -0.3 is 14.9 Å². The number of nitrogens with zero attached hydrogens (tertiary/aromatic N) is 2. The highest BCUT2D eigenvalue weighted by molar-refractivity contribution is 5.98. The molecular formula is C17H19FN4O. The molecule has 0 saturated carbocycles. The van der Waals surface area contributed by atoms with Gasteiger partial charge in [-0.15, -0.1) is 0 Å². The highest BCUT2D eigenvalue weighted by Crippen LogP contribution is 2.21. The summed E-state index contributed by atoms with van der Waals surface area (Å²) in [4.78, 5) is 19.9. The lowest BCUT2D eigenvalue weighted by molar-refractivity contribution is 0.0918. The largest absolute Gasteiger partial charge is 0.351 e. The summed E-state index contributed by atoms with van der Waals surface area (Å²) in [5.74, 6) is 0.428. The Balaban J connectivity index is 1.87. The van der Waals surface area contributed by atoms with Crippen LogP contribution in [-0.4, -0.2) is 20.4 Å². The number of hydrogen-bond acceptors (Lipinski definition) is 2. The van der Waals surface area contributed by atoms with Crippen molar-refractivity contribution >= 4 is 16.8 Å². The number of halogens is 1. The van der Waals surface area contributed by atoms with Gasteiger partial charge in [-0.1, -0.05) is 13.8 Å². The summed E-state index contributed by atoms with van der Waals surface area (Å²) >= 11 is 0. The van der Waals surface area contributed by atoms with Gasteiger partial charge in [0.05, 0.1) is 6.04 Å². The van der Waals surface area contributed by atoms with E-state index >= 15 is 0 Å². The Morgan fingerprint density at radius 3 is 2.78 bits per heavy atom. The van der Waals surface area contributed by atoms with Crippen molar-refractivity contribution in [2.45, 2.75) is 19.9 Å². The second-order valence-corrected chi connectivity index (χ2v) is 6.01. The maximum Gasteiger partial charge on any atom is 0.268 e. The van der Waals surface area contributed by atoms with Crippen molar-refractivity contribution in [3.63, 3.8) is 0 Å². The highest BCUT2D eigenvalue weighted by atomic mass is 19.1. The van der Waals surface area contributed by atoms with Gasteiger partial charge in [0.1, 0.15) is 17.3 Å². The number of fused-ring (bicyclic) bond motifs is 1. The van der Waals surface area contributed by atoms with Gasteiger partial charge in [-0.05, 0) is 30.2 Å². The van der Waals surface area contributed by atoms with E-state index < -0.39 is 0 Å². The van der Waals surface area contributed by atoms with E-state index in [9.17, 15) is 9.18 Å². The number of aromatic amines is 1. The van der Waals surface area contributed by atoms with E-state index in [1.165, 1.54) is 12.1 Å². The van der Waals surface area contributed by atoms with Crippen molar-refractivity contribution in [1.29, 1.82) is 0 Å². The molecule has 1 amide bonds. The van der Waals surface area contributed by atoms with Gasteiger partial charge in [0.2, 0.25) is 0 Å². The van der Waals surface area contributed by atoms with Crippen LogP contribution in [0.4, 0.5) is 4.39 Å². The standard InChI is InChI=1S/C17H19FN4O/c1-10(2)15(16-19-6-7-22(16)3)21-17(23)14-9-11-8-12(18)4-5-13(11)20-14/h4-10,15,20H,1-3H3,(H,21,23). The first-order chi connectivity index (χ1) is 11.0. The molecule has 6 heteroatoms. The molecule has 0 saturated heterocycles. The van der Waals surface area contributed by atoms with E-state index in [4.69, 9.17) is 0 Å². The molecule has 0 spiro atoms. The zero-order valence-electron chi connectivity index (χ0n) is 13.3. The van der Waals surface area contributed by atoms with Gasteiger partial charge in [-0.2, -0.15) is 0 Å². The smallest absolute Gasteiger partial charge is 0.268 e. The van der Waals surface area contributed by atoms with Crippen LogP contribution in [0.5, 0.6) is 0 Å². The lowest BCUT2D eigenvalue weighted by Gasteiger charge is -2.21. The average Bonchev–Trinajstić information content (AvgIpc) is 3.10. The van der Waals surface area contributed by atoms with Crippen LogP contribution >= 0.6 is 0 Å². The van der Waals surface area contributed by atoms with Gasteiger partial charge in [0, 0.05) is 30.3 Å². The molecule has 3 aromatic rings. The Hall–Kier alpha value is -2.63. The molecule has 3 rings (SSSR count). The molecule has 0 aliphatic heterocycles. The number of rotatable bonds is 4. The predicted molar refractivity (Wildman–Crippen MR) is 86.5 cm³/mol. The third kappa shape index (κ3) is 2.97. The molecule has 23 heavy (non-hydrogen) atoms. The molecule has 2 heterocycles. The van der Waals surface area contributed by atoms with Crippen molar-refractivity contribution in [2.24, 2.45) is 13.0 Å². The van der Waals surface area contributed by atoms with Gasteiger partial charge in [0.15, 0.2) is 0 Å². The third-order valence-corrected chi connectivity index (χ3v) is 3.92. The highest BCUT2D eigenvalue weighted by Gasteiger charge is 2.23. The molecule has 0 radical (unpaired) electrons. The summed E-state index contributed by atoms with van der Waals surface area (Å²) in [5.41, 5.74) is 1.14. The second kappa shape index (κ2) is 5.87. The number of imidazole rings is 1. The Bertz CT molecular complexity index is 849.